The number of hydroxylamine groups is 3. The lowest BCUT2D eigenvalue weighted by molar-refractivity contribution is -0.894. The van der Waals surface area contributed by atoms with Crippen molar-refractivity contribution in [1.82, 2.24) is 0 Å². The van der Waals surface area contributed by atoms with Crippen LogP contribution in [0.1, 0.15) is 25.7 Å². The highest BCUT2D eigenvalue weighted by Gasteiger charge is 2.31. The van der Waals surface area contributed by atoms with Crippen LogP contribution < -0.4 is 0 Å². The monoisotopic (exact) mass is 141 g/mol. The number of rotatable bonds is 0. The molecule has 0 atom stereocenters. The van der Waals surface area contributed by atoms with Gasteiger partial charge in [-0.25, -0.2) is 0 Å². The minimum absolute atomic E-state index is 0.144. The van der Waals surface area contributed by atoms with Gasteiger partial charge in [0.15, 0.2) is 0 Å². The van der Waals surface area contributed by atoms with Gasteiger partial charge in [0.05, 0.1) is 19.6 Å². The van der Waals surface area contributed by atoms with Gasteiger partial charge in [0, 0.05) is 5.92 Å². The molecule has 0 radical (unpaired) electrons. The molecule has 2 fully saturated rings. The lowest BCUT2D eigenvalue weighted by atomic mass is 9.89. The molecule has 2 saturated heterocycles. The van der Waals surface area contributed by atoms with Crippen molar-refractivity contribution in [2.75, 3.05) is 19.6 Å². The zero-order valence-corrected chi connectivity index (χ0v) is 6.38. The van der Waals surface area contributed by atoms with E-state index >= 15 is 0 Å². The van der Waals surface area contributed by atoms with Gasteiger partial charge in [-0.2, -0.15) is 0 Å². The second kappa shape index (κ2) is 2.21. The molecule has 0 unspecified atom stereocenters. The van der Waals surface area contributed by atoms with Crippen LogP contribution in [0.4, 0.5) is 0 Å². The molecule has 0 aromatic carbocycles. The Bertz CT molecular complexity index is 125. The van der Waals surface area contributed by atoms with Crippen molar-refractivity contribution in [2.24, 2.45) is 5.92 Å². The maximum absolute atomic E-state index is 11.7. The van der Waals surface area contributed by atoms with Crippen LogP contribution in [0.25, 0.3) is 0 Å². The van der Waals surface area contributed by atoms with Gasteiger partial charge in [0.1, 0.15) is 0 Å². The van der Waals surface area contributed by atoms with Gasteiger partial charge in [0.2, 0.25) is 0 Å². The minimum Gasteiger partial charge on any atom is -0.633 e. The summed E-state index contributed by atoms with van der Waals surface area (Å²) in [6.45, 7) is 2.73. The van der Waals surface area contributed by atoms with E-state index in [0.29, 0.717) is 0 Å². The zero-order chi connectivity index (χ0) is 7.03. The van der Waals surface area contributed by atoms with Crippen molar-refractivity contribution in [3.8, 4) is 0 Å². The molecule has 2 heteroatoms. The first-order valence-corrected chi connectivity index (χ1v) is 4.36. The van der Waals surface area contributed by atoms with Crippen molar-refractivity contribution in [3.05, 3.63) is 5.21 Å². The normalized spacial score (nSPS) is 47.1. The Hall–Kier alpha value is -0.0800. The van der Waals surface area contributed by atoms with Crippen LogP contribution in [0.5, 0.6) is 0 Å². The molecule has 0 N–H and O–H groups in total. The van der Waals surface area contributed by atoms with E-state index in [1.54, 1.807) is 0 Å². The molecule has 58 valence electrons. The first kappa shape index (κ1) is 6.62. The molecular formula is C8H15NO. The smallest absolute Gasteiger partial charge is 0.0812 e. The minimum atomic E-state index is 0.144. The van der Waals surface area contributed by atoms with E-state index in [0.717, 1.165) is 25.6 Å². The molecular weight excluding hydrogens is 126 g/mol. The van der Waals surface area contributed by atoms with Crippen LogP contribution in [0.2, 0.25) is 0 Å². The fourth-order valence-corrected chi connectivity index (χ4v) is 2.43. The highest BCUT2D eigenvalue weighted by molar-refractivity contribution is 4.70. The predicted molar refractivity (Wildman–Crippen MR) is 40.2 cm³/mol. The van der Waals surface area contributed by atoms with E-state index in [1.165, 1.54) is 25.7 Å². The average Bonchev–Trinajstić information content (AvgIpc) is 1.86. The summed E-state index contributed by atoms with van der Waals surface area (Å²) in [6.07, 6.45) is 4.99. The number of piperidine rings is 2. The summed E-state index contributed by atoms with van der Waals surface area (Å²) >= 11 is 0. The molecule has 2 heterocycles. The molecule has 0 aliphatic carbocycles. The highest BCUT2D eigenvalue weighted by Crippen LogP contribution is 2.30. The Morgan fingerprint density at radius 3 is 2.10 bits per heavy atom. The van der Waals surface area contributed by atoms with Crippen LogP contribution in [-0.2, 0) is 0 Å². The van der Waals surface area contributed by atoms with Crippen molar-refractivity contribution < 1.29 is 4.65 Å². The topological polar surface area (TPSA) is 23.1 Å². The van der Waals surface area contributed by atoms with Crippen LogP contribution in [0.3, 0.4) is 0 Å². The van der Waals surface area contributed by atoms with Gasteiger partial charge >= 0.3 is 0 Å². The van der Waals surface area contributed by atoms with E-state index in [9.17, 15) is 5.21 Å². The van der Waals surface area contributed by atoms with E-state index < -0.39 is 0 Å². The average molecular weight is 141 g/mol. The summed E-state index contributed by atoms with van der Waals surface area (Å²) in [5.74, 6) is 0.778. The first-order chi connectivity index (χ1) is 4.79. The Labute approximate surface area is 62.0 Å². The van der Waals surface area contributed by atoms with Gasteiger partial charge in [-0.3, -0.25) is 0 Å². The quantitative estimate of drug-likeness (QED) is 0.370. The third-order valence-electron chi connectivity index (χ3n) is 2.95. The summed E-state index contributed by atoms with van der Waals surface area (Å²) in [5.41, 5.74) is 0. The lowest BCUT2D eigenvalue weighted by Crippen LogP contribution is -2.52. The zero-order valence-electron chi connectivity index (χ0n) is 6.38. The lowest BCUT2D eigenvalue weighted by Gasteiger charge is -2.51. The van der Waals surface area contributed by atoms with Crippen LogP contribution in [0, 0.1) is 11.1 Å². The van der Waals surface area contributed by atoms with Crippen molar-refractivity contribution in [1.29, 1.82) is 0 Å². The van der Waals surface area contributed by atoms with E-state index in [1.807, 2.05) is 0 Å². The fraction of sp³-hybridized carbons (Fsp3) is 1.00. The van der Waals surface area contributed by atoms with Crippen LogP contribution in [-0.4, -0.2) is 24.3 Å². The summed E-state index contributed by atoms with van der Waals surface area (Å²) < 4.78 is 0.144. The van der Waals surface area contributed by atoms with Gasteiger partial charge < -0.3 is 9.85 Å². The molecule has 2 nitrogen and oxygen atoms in total. The molecule has 2 aliphatic heterocycles. The third-order valence-corrected chi connectivity index (χ3v) is 2.95. The molecule has 10 heavy (non-hydrogen) atoms. The molecule has 0 amide bonds. The molecule has 2 aliphatic rings. The molecule has 2 bridgehead atoms. The first-order valence-electron chi connectivity index (χ1n) is 4.36. The van der Waals surface area contributed by atoms with E-state index in [4.69, 9.17) is 0 Å². The van der Waals surface area contributed by atoms with E-state index in [-0.39, 0.29) is 4.65 Å². The Morgan fingerprint density at radius 1 is 1.10 bits per heavy atom. The second-order valence-corrected chi connectivity index (χ2v) is 3.84. The Balaban J connectivity index is 2.07. The third kappa shape index (κ3) is 1.06. The van der Waals surface area contributed by atoms with Gasteiger partial charge in [0.25, 0.3) is 0 Å². The molecule has 0 aromatic heterocycles. The Kier molecular flexibility index (Phi) is 1.46. The summed E-state index contributed by atoms with van der Waals surface area (Å²) in [6, 6.07) is 0. The summed E-state index contributed by atoms with van der Waals surface area (Å²) in [5, 5.41) is 11.7. The summed E-state index contributed by atoms with van der Waals surface area (Å²) in [7, 11) is 0. The predicted octanol–water partition coefficient (Wildman–Crippen LogP) is 1.50. The Morgan fingerprint density at radius 2 is 1.70 bits per heavy atom. The SMILES string of the molecule is [O-][N+]12CCCC(CCC1)C2. The number of quaternary nitrogens is 1. The standard InChI is InChI=1S/C8H15NO/c10-9-5-1-3-8(7-9)4-2-6-9/h8H,1-7H2. The largest absolute Gasteiger partial charge is 0.633 e. The van der Waals surface area contributed by atoms with Crippen molar-refractivity contribution >= 4 is 0 Å². The van der Waals surface area contributed by atoms with Gasteiger partial charge in [-0.15, -0.1) is 0 Å². The molecule has 0 spiro atoms. The number of nitrogens with zero attached hydrogens (tertiary/aromatic N) is 1. The molecule has 0 aromatic rings. The van der Waals surface area contributed by atoms with Gasteiger partial charge in [-0.1, -0.05) is 0 Å². The number of hydrogen-bond donors (Lipinski definition) is 0. The van der Waals surface area contributed by atoms with Crippen molar-refractivity contribution in [3.63, 3.8) is 0 Å². The van der Waals surface area contributed by atoms with Crippen molar-refractivity contribution in [2.45, 2.75) is 25.7 Å². The number of hydrogen-bond acceptors (Lipinski definition) is 1. The van der Waals surface area contributed by atoms with E-state index in [2.05, 4.69) is 0 Å². The maximum Gasteiger partial charge on any atom is 0.0812 e. The molecule has 0 saturated carbocycles. The molecule has 2 rings (SSSR count). The fourth-order valence-electron chi connectivity index (χ4n) is 2.43. The number of fused-ring (bicyclic) bond motifs is 2. The summed E-state index contributed by atoms with van der Waals surface area (Å²) in [4.78, 5) is 0. The highest BCUT2D eigenvalue weighted by atomic mass is 16.5. The maximum atomic E-state index is 11.7. The second-order valence-electron chi connectivity index (χ2n) is 3.84. The van der Waals surface area contributed by atoms with Gasteiger partial charge in [-0.05, 0) is 25.7 Å². The van der Waals surface area contributed by atoms with Crippen LogP contribution in [0.15, 0.2) is 0 Å². The van der Waals surface area contributed by atoms with Crippen LogP contribution >= 0.6 is 0 Å².